The number of hydrogen-bond acceptors (Lipinski definition) is 5. The van der Waals surface area contributed by atoms with Gasteiger partial charge in [0.2, 0.25) is 0 Å². The monoisotopic (exact) mass is 383 g/mol. The van der Waals surface area contributed by atoms with Gasteiger partial charge in [-0.1, -0.05) is 19.9 Å². The predicted molar refractivity (Wildman–Crippen MR) is 106 cm³/mol. The van der Waals surface area contributed by atoms with E-state index in [2.05, 4.69) is 23.8 Å². The zero-order valence-corrected chi connectivity index (χ0v) is 16.1. The SMILES string of the molecule is CC(C)CCn1c(=O)[nH]c(=O)c2c3c(cnc21)C(=O)C[C@@H](c1cccs1)C3. The highest BCUT2D eigenvalue weighted by atomic mass is 32.1. The lowest BCUT2D eigenvalue weighted by atomic mass is 9.82. The van der Waals surface area contributed by atoms with Crippen molar-refractivity contribution in [2.45, 2.75) is 45.6 Å². The quantitative estimate of drug-likeness (QED) is 0.750. The molecule has 140 valence electrons. The van der Waals surface area contributed by atoms with Crippen LogP contribution in [0, 0.1) is 5.92 Å². The first-order chi connectivity index (χ1) is 13.0. The summed E-state index contributed by atoms with van der Waals surface area (Å²) in [7, 11) is 0. The Kier molecular flexibility index (Phi) is 4.55. The number of aromatic nitrogens is 3. The third-order valence-electron chi connectivity index (χ3n) is 5.17. The van der Waals surface area contributed by atoms with Crippen molar-refractivity contribution < 1.29 is 4.79 Å². The van der Waals surface area contributed by atoms with E-state index in [1.165, 1.54) is 10.8 Å². The van der Waals surface area contributed by atoms with E-state index in [1.807, 2.05) is 17.5 Å². The van der Waals surface area contributed by atoms with E-state index in [9.17, 15) is 14.4 Å². The summed E-state index contributed by atoms with van der Waals surface area (Å²) >= 11 is 1.62. The second-order valence-corrected chi connectivity index (χ2v) is 8.47. The molecule has 4 rings (SSSR count). The molecule has 1 aliphatic carbocycles. The number of fused-ring (bicyclic) bond motifs is 3. The normalized spacial score (nSPS) is 16.9. The van der Waals surface area contributed by atoms with Gasteiger partial charge < -0.3 is 0 Å². The fourth-order valence-corrected chi connectivity index (χ4v) is 4.56. The molecule has 0 radical (unpaired) electrons. The Balaban J connectivity index is 1.91. The maximum absolute atomic E-state index is 12.7. The number of carbonyl (C=O) groups is 1. The lowest BCUT2D eigenvalue weighted by Gasteiger charge is -2.24. The van der Waals surface area contributed by atoms with E-state index in [-0.39, 0.29) is 11.7 Å². The van der Waals surface area contributed by atoms with E-state index in [4.69, 9.17) is 0 Å². The van der Waals surface area contributed by atoms with Crippen molar-refractivity contribution in [1.29, 1.82) is 0 Å². The number of pyridine rings is 1. The van der Waals surface area contributed by atoms with Crippen LogP contribution in [0.25, 0.3) is 11.0 Å². The molecule has 0 saturated heterocycles. The number of Topliss-reactive ketones (excluding diaryl/α,β-unsaturated/α-hetero) is 1. The Labute approximate surface area is 159 Å². The summed E-state index contributed by atoms with van der Waals surface area (Å²) < 4.78 is 1.52. The number of nitrogens with zero attached hydrogens (tertiary/aromatic N) is 2. The van der Waals surface area contributed by atoms with Crippen LogP contribution < -0.4 is 11.2 Å². The van der Waals surface area contributed by atoms with Crippen molar-refractivity contribution >= 4 is 28.2 Å². The molecule has 6 nitrogen and oxygen atoms in total. The van der Waals surface area contributed by atoms with E-state index in [0.717, 1.165) is 11.3 Å². The molecule has 0 bridgehead atoms. The van der Waals surface area contributed by atoms with Gasteiger partial charge in [0.1, 0.15) is 5.65 Å². The van der Waals surface area contributed by atoms with E-state index in [0.29, 0.717) is 47.5 Å². The van der Waals surface area contributed by atoms with Crippen LogP contribution in [-0.4, -0.2) is 20.3 Å². The second kappa shape index (κ2) is 6.88. The summed E-state index contributed by atoms with van der Waals surface area (Å²) in [6.07, 6.45) is 3.36. The summed E-state index contributed by atoms with van der Waals surface area (Å²) in [6.45, 7) is 4.65. The Bertz CT molecular complexity index is 1130. The number of H-pyrrole nitrogens is 1. The van der Waals surface area contributed by atoms with Crippen LogP contribution in [0.4, 0.5) is 0 Å². The van der Waals surface area contributed by atoms with Gasteiger partial charge in [0.15, 0.2) is 5.78 Å². The van der Waals surface area contributed by atoms with Gasteiger partial charge in [0, 0.05) is 35.5 Å². The number of rotatable bonds is 4. The number of aryl methyl sites for hydroxylation is 1. The first-order valence-electron chi connectivity index (χ1n) is 9.17. The minimum absolute atomic E-state index is 0.00313. The summed E-state index contributed by atoms with van der Waals surface area (Å²) in [6, 6.07) is 4.00. The summed E-state index contributed by atoms with van der Waals surface area (Å²) in [5.41, 5.74) is 0.698. The Morgan fingerprint density at radius 1 is 1.30 bits per heavy atom. The number of thiophene rings is 1. The predicted octanol–water partition coefficient (Wildman–Crippen LogP) is 3.11. The molecule has 0 spiro atoms. The minimum atomic E-state index is -0.459. The highest BCUT2D eigenvalue weighted by Crippen LogP contribution is 2.36. The molecule has 0 aliphatic heterocycles. The van der Waals surface area contributed by atoms with Gasteiger partial charge in [0.05, 0.1) is 5.39 Å². The lowest BCUT2D eigenvalue weighted by molar-refractivity contribution is 0.0964. The van der Waals surface area contributed by atoms with Gasteiger partial charge in [-0.25, -0.2) is 9.78 Å². The third kappa shape index (κ3) is 3.16. The smallest absolute Gasteiger partial charge is 0.294 e. The zero-order valence-electron chi connectivity index (χ0n) is 15.3. The van der Waals surface area contributed by atoms with E-state index >= 15 is 0 Å². The van der Waals surface area contributed by atoms with Gasteiger partial charge >= 0.3 is 5.69 Å². The van der Waals surface area contributed by atoms with Crippen LogP contribution in [0.2, 0.25) is 0 Å². The fourth-order valence-electron chi connectivity index (χ4n) is 3.73. The number of aromatic amines is 1. The first kappa shape index (κ1) is 17.9. The van der Waals surface area contributed by atoms with Crippen molar-refractivity contribution in [3.05, 3.63) is 60.6 Å². The van der Waals surface area contributed by atoms with Crippen LogP contribution in [0.3, 0.4) is 0 Å². The maximum atomic E-state index is 12.7. The highest BCUT2D eigenvalue weighted by molar-refractivity contribution is 7.10. The number of hydrogen-bond donors (Lipinski definition) is 1. The van der Waals surface area contributed by atoms with Crippen molar-refractivity contribution in [2.24, 2.45) is 5.92 Å². The average molecular weight is 383 g/mol. The molecule has 0 aromatic carbocycles. The van der Waals surface area contributed by atoms with Gasteiger partial charge in [0.25, 0.3) is 5.56 Å². The highest BCUT2D eigenvalue weighted by Gasteiger charge is 2.30. The average Bonchev–Trinajstić information content (AvgIpc) is 3.15. The molecule has 3 heterocycles. The van der Waals surface area contributed by atoms with Gasteiger partial charge in [-0.3, -0.25) is 19.1 Å². The molecule has 3 aromatic heterocycles. The van der Waals surface area contributed by atoms with E-state index in [1.54, 1.807) is 11.3 Å². The molecule has 0 saturated carbocycles. The largest absolute Gasteiger partial charge is 0.329 e. The minimum Gasteiger partial charge on any atom is -0.294 e. The van der Waals surface area contributed by atoms with Gasteiger partial charge in [-0.2, -0.15) is 0 Å². The Morgan fingerprint density at radius 3 is 2.81 bits per heavy atom. The summed E-state index contributed by atoms with van der Waals surface area (Å²) in [4.78, 5) is 45.6. The van der Waals surface area contributed by atoms with Crippen LogP contribution in [-0.2, 0) is 13.0 Å². The zero-order chi connectivity index (χ0) is 19.1. The molecular weight excluding hydrogens is 362 g/mol. The van der Waals surface area contributed by atoms with Crippen molar-refractivity contribution in [2.75, 3.05) is 0 Å². The van der Waals surface area contributed by atoms with Crippen LogP contribution in [0.1, 0.15) is 53.4 Å². The van der Waals surface area contributed by atoms with Crippen molar-refractivity contribution in [1.82, 2.24) is 14.5 Å². The molecule has 0 fully saturated rings. The second-order valence-electron chi connectivity index (χ2n) is 7.49. The Hall–Kier alpha value is -2.54. The van der Waals surface area contributed by atoms with Crippen LogP contribution >= 0.6 is 11.3 Å². The molecular formula is C20H21N3O3S. The van der Waals surface area contributed by atoms with Crippen molar-refractivity contribution in [3.63, 3.8) is 0 Å². The summed E-state index contributed by atoms with van der Waals surface area (Å²) in [5.74, 6) is 0.482. The molecule has 27 heavy (non-hydrogen) atoms. The van der Waals surface area contributed by atoms with Crippen LogP contribution in [0.15, 0.2) is 33.3 Å². The van der Waals surface area contributed by atoms with Gasteiger partial charge in [-0.05, 0) is 35.8 Å². The topological polar surface area (TPSA) is 84.8 Å². The molecule has 1 atom stereocenters. The molecule has 3 aromatic rings. The Morgan fingerprint density at radius 2 is 2.11 bits per heavy atom. The molecule has 0 unspecified atom stereocenters. The summed E-state index contributed by atoms with van der Waals surface area (Å²) in [5, 5.41) is 2.38. The third-order valence-corrected chi connectivity index (χ3v) is 6.21. The lowest BCUT2D eigenvalue weighted by Crippen LogP contribution is -2.33. The number of carbonyl (C=O) groups excluding carboxylic acids is 1. The van der Waals surface area contributed by atoms with E-state index < -0.39 is 11.2 Å². The fraction of sp³-hybridized carbons (Fsp3) is 0.400. The standard InChI is InChI=1S/C20H21N3O3S/c1-11(2)5-6-23-18-17(19(25)22-20(23)26)13-8-12(16-4-3-7-27-16)9-15(24)14(13)10-21-18/h3-4,7,10-12H,5-6,8-9H2,1-2H3,(H,22,25,26)/t12-/m0/s1. The molecule has 0 amide bonds. The molecule has 7 heteroatoms. The maximum Gasteiger partial charge on any atom is 0.329 e. The molecule has 1 aliphatic rings. The number of nitrogens with one attached hydrogen (secondary N) is 1. The van der Waals surface area contributed by atoms with Gasteiger partial charge in [-0.15, -0.1) is 11.3 Å². The first-order valence-corrected chi connectivity index (χ1v) is 10.0. The molecule has 1 N–H and O–H groups in total. The van der Waals surface area contributed by atoms with Crippen molar-refractivity contribution in [3.8, 4) is 0 Å². The number of ketones is 1. The van der Waals surface area contributed by atoms with Crippen LogP contribution in [0.5, 0.6) is 0 Å².